The Morgan fingerprint density at radius 3 is 2.60 bits per heavy atom. The number of anilines is 3. The molecule has 1 aliphatic heterocycles. The second-order valence-corrected chi connectivity index (χ2v) is 9.21. The molecule has 0 unspecified atom stereocenters. The number of hydrogen-bond acceptors (Lipinski definition) is 9. The van der Waals surface area contributed by atoms with E-state index in [-0.39, 0.29) is 0 Å². The summed E-state index contributed by atoms with van der Waals surface area (Å²) in [6.07, 6.45) is 5.74. The average molecular weight is 474 g/mol. The first-order valence-electron chi connectivity index (χ1n) is 11.8. The number of rotatable bonds is 6. The lowest BCUT2D eigenvalue weighted by Crippen LogP contribution is -2.42. The van der Waals surface area contributed by atoms with Gasteiger partial charge in [-0.15, -0.1) is 10.2 Å². The third-order valence-corrected chi connectivity index (χ3v) is 6.59. The zero-order valence-electron chi connectivity index (χ0n) is 20.9. The highest BCUT2D eigenvalue weighted by molar-refractivity contribution is 5.89. The van der Waals surface area contributed by atoms with Gasteiger partial charge in [-0.25, -0.2) is 15.0 Å². The average Bonchev–Trinajstić information content (AvgIpc) is 3.29. The normalized spacial score (nSPS) is 14.6. The molecule has 1 aliphatic rings. The van der Waals surface area contributed by atoms with E-state index in [1.807, 2.05) is 49.0 Å². The molecule has 4 aromatic rings. The van der Waals surface area contributed by atoms with Crippen LogP contribution in [0.3, 0.4) is 0 Å². The van der Waals surface area contributed by atoms with Gasteiger partial charge in [0.15, 0.2) is 11.6 Å². The van der Waals surface area contributed by atoms with Crippen molar-refractivity contribution in [3.63, 3.8) is 0 Å². The number of aromatic nitrogens is 6. The molecule has 0 aliphatic carbocycles. The number of aryl methyl sites for hydroxylation is 2. The molecule has 4 heterocycles. The van der Waals surface area contributed by atoms with Gasteiger partial charge in [0.25, 0.3) is 0 Å². The van der Waals surface area contributed by atoms with Crippen LogP contribution in [0, 0.1) is 6.92 Å². The highest BCUT2D eigenvalue weighted by atomic mass is 16.5. The van der Waals surface area contributed by atoms with E-state index in [4.69, 9.17) is 14.7 Å². The molecule has 0 saturated carbocycles. The van der Waals surface area contributed by atoms with Crippen LogP contribution in [0.2, 0.25) is 0 Å². The number of nitrogens with one attached hydrogen (secondary N) is 1. The monoisotopic (exact) mass is 473 g/mol. The van der Waals surface area contributed by atoms with E-state index in [2.05, 4.69) is 44.4 Å². The van der Waals surface area contributed by atoms with E-state index in [0.717, 1.165) is 65.4 Å². The molecule has 3 aromatic heterocycles. The molecule has 0 spiro atoms. The molecule has 182 valence electrons. The van der Waals surface area contributed by atoms with Gasteiger partial charge >= 0.3 is 0 Å². The molecule has 1 aromatic carbocycles. The maximum Gasteiger partial charge on any atom is 0.227 e. The minimum Gasteiger partial charge on any atom is -0.495 e. The number of nitrogens with zero attached hydrogens (tertiary/aromatic N) is 8. The largest absolute Gasteiger partial charge is 0.495 e. The smallest absolute Gasteiger partial charge is 0.227 e. The van der Waals surface area contributed by atoms with E-state index < -0.39 is 0 Å². The topological polar surface area (TPSA) is 97.1 Å². The van der Waals surface area contributed by atoms with Crippen molar-refractivity contribution < 1.29 is 4.74 Å². The molecule has 0 atom stereocenters. The molecule has 0 amide bonds. The summed E-state index contributed by atoms with van der Waals surface area (Å²) in [5.41, 5.74) is 3.50. The number of ether oxygens (including phenoxy) is 1. The third kappa shape index (κ3) is 4.61. The maximum atomic E-state index is 5.65. The number of pyridine rings is 1. The van der Waals surface area contributed by atoms with E-state index in [9.17, 15) is 0 Å². The standard InChI is InChI=1S/C25H31N9O/c1-16-12-18-14-26-25(30-22(18)24(28-16)34-10-8-19(9-11-34)32(2)3)29-20-7-6-17(13-21(20)35-5)23-31-27-15-33(23)4/h6-7,12-15,19H,8-11H2,1-5H3,(H,26,29,30). The summed E-state index contributed by atoms with van der Waals surface area (Å²) in [7, 11) is 7.86. The Labute approximate surface area is 205 Å². The summed E-state index contributed by atoms with van der Waals surface area (Å²) in [5.74, 6) is 2.85. The van der Waals surface area contributed by atoms with Crippen molar-refractivity contribution in [2.24, 2.45) is 7.05 Å². The lowest BCUT2D eigenvalue weighted by molar-refractivity contribution is 0.249. The third-order valence-electron chi connectivity index (χ3n) is 6.59. The minimum atomic E-state index is 0.497. The van der Waals surface area contributed by atoms with Crippen LogP contribution in [0.15, 0.2) is 36.8 Å². The molecular weight excluding hydrogens is 442 g/mol. The molecule has 0 radical (unpaired) electrons. The Balaban J connectivity index is 1.45. The highest BCUT2D eigenvalue weighted by Gasteiger charge is 2.24. The van der Waals surface area contributed by atoms with Crippen molar-refractivity contribution in [1.29, 1.82) is 0 Å². The van der Waals surface area contributed by atoms with Crippen molar-refractivity contribution in [1.82, 2.24) is 34.6 Å². The van der Waals surface area contributed by atoms with Gasteiger partial charge in [0.2, 0.25) is 5.95 Å². The SMILES string of the molecule is COc1cc(-c2nncn2C)ccc1Nc1ncc2cc(C)nc(N3CCC(N(C)C)CC3)c2n1. The van der Waals surface area contributed by atoms with Gasteiger partial charge < -0.3 is 24.4 Å². The quantitative estimate of drug-likeness (QED) is 0.452. The fraction of sp³-hybridized carbons (Fsp3) is 0.400. The Bertz CT molecular complexity index is 1340. The van der Waals surface area contributed by atoms with Crippen molar-refractivity contribution in [3.8, 4) is 17.1 Å². The number of piperidine rings is 1. The first-order valence-corrected chi connectivity index (χ1v) is 11.8. The summed E-state index contributed by atoms with van der Waals surface area (Å²) < 4.78 is 7.51. The first-order chi connectivity index (χ1) is 16.9. The second kappa shape index (κ2) is 9.46. The Hall–Kier alpha value is -3.79. The van der Waals surface area contributed by atoms with Crippen molar-refractivity contribution in [2.75, 3.05) is 44.5 Å². The summed E-state index contributed by atoms with van der Waals surface area (Å²) >= 11 is 0. The van der Waals surface area contributed by atoms with E-state index in [1.165, 1.54) is 0 Å². The lowest BCUT2D eigenvalue weighted by atomic mass is 10.0. The molecule has 1 saturated heterocycles. The van der Waals surface area contributed by atoms with Crippen molar-refractivity contribution in [2.45, 2.75) is 25.8 Å². The second-order valence-electron chi connectivity index (χ2n) is 9.21. The van der Waals surface area contributed by atoms with Gasteiger partial charge in [0.1, 0.15) is 17.6 Å². The van der Waals surface area contributed by atoms with Gasteiger partial charge in [-0.2, -0.15) is 0 Å². The minimum absolute atomic E-state index is 0.497. The number of benzene rings is 1. The molecule has 35 heavy (non-hydrogen) atoms. The first kappa shape index (κ1) is 23.0. The van der Waals surface area contributed by atoms with Crippen molar-refractivity contribution in [3.05, 3.63) is 42.5 Å². The predicted octanol–water partition coefficient (Wildman–Crippen LogP) is 3.41. The van der Waals surface area contributed by atoms with Gasteiger partial charge in [-0.1, -0.05) is 0 Å². The van der Waals surface area contributed by atoms with Crippen LogP contribution in [0.1, 0.15) is 18.5 Å². The van der Waals surface area contributed by atoms with Crippen LogP contribution in [-0.2, 0) is 7.05 Å². The Morgan fingerprint density at radius 1 is 1.11 bits per heavy atom. The number of methoxy groups -OCH3 is 1. The van der Waals surface area contributed by atoms with Gasteiger partial charge in [0, 0.05) is 49.0 Å². The van der Waals surface area contributed by atoms with Crippen LogP contribution in [0.4, 0.5) is 17.5 Å². The number of hydrogen-bond donors (Lipinski definition) is 1. The maximum absolute atomic E-state index is 5.65. The zero-order chi connectivity index (χ0) is 24.5. The lowest BCUT2D eigenvalue weighted by Gasteiger charge is -2.36. The molecule has 5 rings (SSSR count). The van der Waals surface area contributed by atoms with Crippen LogP contribution in [0.25, 0.3) is 22.3 Å². The number of fused-ring (bicyclic) bond motifs is 1. The van der Waals surface area contributed by atoms with Gasteiger partial charge in [-0.05, 0) is 58.1 Å². The summed E-state index contributed by atoms with van der Waals surface area (Å²) in [5, 5.41) is 12.5. The van der Waals surface area contributed by atoms with E-state index >= 15 is 0 Å². The van der Waals surface area contributed by atoms with Crippen LogP contribution >= 0.6 is 0 Å². The fourth-order valence-corrected chi connectivity index (χ4v) is 4.63. The van der Waals surface area contributed by atoms with Crippen LogP contribution < -0.4 is 15.0 Å². The fourth-order valence-electron chi connectivity index (χ4n) is 4.63. The molecule has 0 bridgehead atoms. The van der Waals surface area contributed by atoms with Crippen molar-refractivity contribution >= 4 is 28.4 Å². The molecule has 10 heteroatoms. The van der Waals surface area contributed by atoms with Crippen LogP contribution in [0.5, 0.6) is 5.75 Å². The van der Waals surface area contributed by atoms with E-state index in [1.54, 1.807) is 13.4 Å². The van der Waals surface area contributed by atoms with Crippen LogP contribution in [-0.4, -0.2) is 75.0 Å². The summed E-state index contributed by atoms with van der Waals surface area (Å²) in [4.78, 5) is 19.0. The Morgan fingerprint density at radius 2 is 1.91 bits per heavy atom. The van der Waals surface area contributed by atoms with Gasteiger partial charge in [0.05, 0.1) is 12.8 Å². The molecule has 10 nitrogen and oxygen atoms in total. The highest BCUT2D eigenvalue weighted by Crippen LogP contribution is 2.33. The molecule has 1 fully saturated rings. The molecule has 1 N–H and O–H groups in total. The summed E-state index contributed by atoms with van der Waals surface area (Å²) in [6, 6.07) is 8.48. The molecular formula is C25H31N9O. The summed E-state index contributed by atoms with van der Waals surface area (Å²) in [6.45, 7) is 3.93. The van der Waals surface area contributed by atoms with E-state index in [0.29, 0.717) is 17.7 Å². The zero-order valence-corrected chi connectivity index (χ0v) is 20.9. The van der Waals surface area contributed by atoms with Gasteiger partial charge in [-0.3, -0.25) is 0 Å². The Kier molecular flexibility index (Phi) is 6.21. The predicted molar refractivity (Wildman–Crippen MR) is 137 cm³/mol.